The summed E-state index contributed by atoms with van der Waals surface area (Å²) in [6, 6.07) is 1.80. The van der Waals surface area contributed by atoms with E-state index in [1.54, 1.807) is 0 Å². The van der Waals surface area contributed by atoms with E-state index in [1.165, 1.54) is 0 Å². The first kappa shape index (κ1) is 12.8. The van der Waals surface area contributed by atoms with Gasteiger partial charge >= 0.3 is 0 Å². The average Bonchev–Trinajstić information content (AvgIpc) is 1.98. The lowest BCUT2D eigenvalue weighted by atomic mass is 10.3. The van der Waals surface area contributed by atoms with Crippen molar-refractivity contribution < 1.29 is 23.2 Å². The summed E-state index contributed by atoms with van der Waals surface area (Å²) >= 11 is 0. The van der Waals surface area contributed by atoms with Gasteiger partial charge in [0.15, 0.2) is 5.75 Å². The molecular formula is C6H8ClNO5S. The Morgan fingerprint density at radius 1 is 1.21 bits per heavy atom. The molecule has 80 valence electrons. The Morgan fingerprint density at radius 3 is 2.14 bits per heavy atom. The minimum atomic E-state index is -4.51. The lowest BCUT2D eigenvalue weighted by Gasteiger charge is -2.04. The second-order valence-corrected chi connectivity index (χ2v) is 3.71. The lowest BCUT2D eigenvalue weighted by Crippen LogP contribution is -2.00. The van der Waals surface area contributed by atoms with Crippen LogP contribution in [0.4, 0.5) is 5.69 Å². The summed E-state index contributed by atoms with van der Waals surface area (Å²) in [5, 5.41) is 18.0. The Balaban J connectivity index is 0.00000169. The van der Waals surface area contributed by atoms with Crippen LogP contribution in [0.15, 0.2) is 17.0 Å². The minimum absolute atomic E-state index is 0. The van der Waals surface area contributed by atoms with Crippen LogP contribution in [0.1, 0.15) is 0 Å². The molecule has 1 aromatic rings. The second-order valence-electron chi connectivity index (χ2n) is 2.32. The Hall–Kier alpha value is -1.18. The van der Waals surface area contributed by atoms with Gasteiger partial charge in [0.25, 0.3) is 10.1 Å². The number of phenols is 2. The first-order chi connectivity index (χ1) is 5.84. The maximum Gasteiger partial charge on any atom is 0.298 e. The van der Waals surface area contributed by atoms with Crippen LogP contribution in [0.25, 0.3) is 0 Å². The van der Waals surface area contributed by atoms with Gasteiger partial charge in [0.05, 0.1) is 0 Å². The van der Waals surface area contributed by atoms with Crippen LogP contribution in [0, 0.1) is 0 Å². The number of rotatable bonds is 1. The summed E-state index contributed by atoms with van der Waals surface area (Å²) in [5.74, 6) is -1.31. The zero-order valence-corrected chi connectivity index (χ0v) is 8.34. The summed E-state index contributed by atoms with van der Waals surface area (Å²) < 4.78 is 29.7. The first-order valence-electron chi connectivity index (χ1n) is 3.12. The molecule has 0 aliphatic rings. The maximum absolute atomic E-state index is 10.6. The summed E-state index contributed by atoms with van der Waals surface area (Å²) in [4.78, 5) is -0.734. The molecule has 0 atom stereocenters. The molecular weight excluding hydrogens is 234 g/mol. The number of aromatic hydroxyl groups is 2. The highest BCUT2D eigenvalue weighted by atomic mass is 35.5. The van der Waals surface area contributed by atoms with E-state index in [9.17, 15) is 8.42 Å². The van der Waals surface area contributed by atoms with Crippen molar-refractivity contribution in [3.8, 4) is 11.5 Å². The van der Waals surface area contributed by atoms with Crippen LogP contribution in [-0.2, 0) is 10.1 Å². The van der Waals surface area contributed by atoms with Gasteiger partial charge in [-0.15, -0.1) is 12.4 Å². The lowest BCUT2D eigenvalue weighted by molar-refractivity contribution is 0.435. The highest BCUT2D eigenvalue weighted by Gasteiger charge is 2.18. The third kappa shape index (κ3) is 2.19. The van der Waals surface area contributed by atoms with Crippen molar-refractivity contribution in [2.75, 3.05) is 5.73 Å². The number of hydrogen-bond acceptors (Lipinski definition) is 5. The van der Waals surface area contributed by atoms with Crippen LogP contribution >= 0.6 is 12.4 Å². The Labute approximate surface area is 86.1 Å². The molecule has 0 fully saturated rings. The Bertz CT molecular complexity index is 444. The molecule has 1 rings (SSSR count). The largest absolute Gasteiger partial charge is 0.506 e. The zero-order valence-electron chi connectivity index (χ0n) is 6.71. The van der Waals surface area contributed by atoms with E-state index < -0.39 is 32.2 Å². The highest BCUT2D eigenvalue weighted by Crippen LogP contribution is 2.35. The van der Waals surface area contributed by atoms with E-state index in [1.807, 2.05) is 0 Å². The summed E-state index contributed by atoms with van der Waals surface area (Å²) in [6.07, 6.45) is 0. The zero-order chi connectivity index (χ0) is 10.2. The van der Waals surface area contributed by atoms with Gasteiger partial charge in [-0.2, -0.15) is 8.42 Å². The number of phenolic OH excluding ortho intramolecular Hbond substituents is 2. The fourth-order valence-corrected chi connectivity index (χ4v) is 1.38. The SMILES string of the molecule is Cl.Nc1c(O)ccc(S(=O)(=O)O)c1O. The number of anilines is 1. The van der Waals surface area contributed by atoms with Gasteiger partial charge in [-0.25, -0.2) is 0 Å². The first-order valence-corrected chi connectivity index (χ1v) is 4.56. The summed E-state index contributed by atoms with van der Waals surface area (Å²) in [7, 11) is -4.51. The number of hydrogen-bond donors (Lipinski definition) is 4. The van der Waals surface area contributed by atoms with Crippen LogP contribution in [-0.4, -0.2) is 23.2 Å². The Morgan fingerprint density at radius 2 is 1.71 bits per heavy atom. The maximum atomic E-state index is 10.6. The molecule has 0 saturated carbocycles. The third-order valence-corrected chi connectivity index (χ3v) is 2.32. The van der Waals surface area contributed by atoms with Gasteiger partial charge in [0, 0.05) is 0 Å². The molecule has 0 spiro atoms. The number of nitrogens with two attached hydrogens (primary N) is 1. The minimum Gasteiger partial charge on any atom is -0.506 e. The number of benzene rings is 1. The van der Waals surface area contributed by atoms with E-state index >= 15 is 0 Å². The summed E-state index contributed by atoms with van der Waals surface area (Å²) in [5.41, 5.74) is 4.61. The monoisotopic (exact) mass is 241 g/mol. The van der Waals surface area contributed by atoms with Crippen molar-refractivity contribution in [2.45, 2.75) is 4.90 Å². The molecule has 8 heteroatoms. The van der Waals surface area contributed by atoms with Crippen molar-refractivity contribution in [1.82, 2.24) is 0 Å². The standard InChI is InChI=1S/C6H7NO5S.ClH/c7-5-3(8)1-2-4(6(5)9)13(10,11)12;/h1-2,8-9H,7H2,(H,10,11,12);1H. The average molecular weight is 242 g/mol. The van der Waals surface area contributed by atoms with Gasteiger partial charge in [-0.1, -0.05) is 0 Å². The van der Waals surface area contributed by atoms with Crippen molar-refractivity contribution in [2.24, 2.45) is 0 Å². The van der Waals surface area contributed by atoms with E-state index in [4.69, 9.17) is 20.5 Å². The van der Waals surface area contributed by atoms with Gasteiger partial charge in [0.2, 0.25) is 0 Å². The van der Waals surface area contributed by atoms with E-state index in [0.717, 1.165) is 12.1 Å². The van der Waals surface area contributed by atoms with Crippen molar-refractivity contribution in [1.29, 1.82) is 0 Å². The molecule has 0 unspecified atom stereocenters. The topological polar surface area (TPSA) is 121 Å². The molecule has 1 aromatic carbocycles. The van der Waals surface area contributed by atoms with Gasteiger partial charge < -0.3 is 15.9 Å². The third-order valence-electron chi connectivity index (χ3n) is 1.43. The van der Waals surface area contributed by atoms with Crippen LogP contribution < -0.4 is 5.73 Å². The van der Waals surface area contributed by atoms with E-state index in [0.29, 0.717) is 0 Å². The van der Waals surface area contributed by atoms with Crippen LogP contribution in [0.2, 0.25) is 0 Å². The Kier molecular flexibility index (Phi) is 3.58. The molecule has 0 heterocycles. The summed E-state index contributed by atoms with van der Waals surface area (Å²) in [6.45, 7) is 0. The van der Waals surface area contributed by atoms with Crippen molar-refractivity contribution in [3.63, 3.8) is 0 Å². The molecule has 0 bridgehead atoms. The molecule has 0 aromatic heterocycles. The van der Waals surface area contributed by atoms with E-state index in [2.05, 4.69) is 0 Å². The number of nitrogen functional groups attached to an aromatic ring is 1. The highest BCUT2D eigenvalue weighted by molar-refractivity contribution is 7.86. The van der Waals surface area contributed by atoms with Gasteiger partial charge in [-0.05, 0) is 12.1 Å². The van der Waals surface area contributed by atoms with Gasteiger partial charge in [-0.3, -0.25) is 4.55 Å². The van der Waals surface area contributed by atoms with Gasteiger partial charge in [0.1, 0.15) is 16.3 Å². The smallest absolute Gasteiger partial charge is 0.298 e. The normalized spacial score (nSPS) is 10.6. The molecule has 0 aliphatic carbocycles. The number of halogens is 1. The fourth-order valence-electron chi connectivity index (χ4n) is 0.786. The molecule has 5 N–H and O–H groups in total. The second kappa shape index (κ2) is 3.91. The molecule has 0 amide bonds. The molecule has 6 nitrogen and oxygen atoms in total. The van der Waals surface area contributed by atoms with Crippen molar-refractivity contribution in [3.05, 3.63) is 12.1 Å². The quantitative estimate of drug-likeness (QED) is 0.320. The predicted octanol–water partition coefficient (Wildman–Crippen LogP) is 0.349. The molecule has 0 aliphatic heterocycles. The van der Waals surface area contributed by atoms with E-state index in [-0.39, 0.29) is 12.4 Å². The fraction of sp³-hybridized carbons (Fsp3) is 0. The van der Waals surface area contributed by atoms with Crippen molar-refractivity contribution >= 4 is 28.2 Å². The molecule has 0 radical (unpaired) electrons. The van der Waals surface area contributed by atoms with Crippen LogP contribution in [0.5, 0.6) is 11.5 Å². The molecule has 14 heavy (non-hydrogen) atoms. The molecule has 0 saturated heterocycles. The van der Waals surface area contributed by atoms with Crippen LogP contribution in [0.3, 0.4) is 0 Å². The predicted molar refractivity (Wildman–Crippen MR) is 51.2 cm³/mol.